The molecule has 1 atom stereocenters. The highest BCUT2D eigenvalue weighted by Gasteiger charge is 2.16. The van der Waals surface area contributed by atoms with Crippen LogP contribution in [0.15, 0.2) is 0 Å². The van der Waals surface area contributed by atoms with Gasteiger partial charge in [-0.2, -0.15) is 0 Å². The molecule has 1 aliphatic rings. The molecule has 0 spiro atoms. The zero-order valence-corrected chi connectivity index (χ0v) is 9.89. The van der Waals surface area contributed by atoms with Crippen molar-refractivity contribution in [3.8, 4) is 0 Å². The molecule has 3 nitrogen and oxygen atoms in total. The molecule has 0 amide bonds. The second-order valence-electron chi connectivity index (χ2n) is 4.18. The first-order valence-corrected chi connectivity index (χ1v) is 6.98. The van der Waals surface area contributed by atoms with Crippen molar-refractivity contribution in [1.29, 1.82) is 0 Å². The SMILES string of the molecule is CC(CCCN)CN1CCS(=O)CC1. The van der Waals surface area contributed by atoms with E-state index in [1.54, 1.807) is 0 Å². The fourth-order valence-electron chi connectivity index (χ4n) is 1.86. The lowest BCUT2D eigenvalue weighted by Crippen LogP contribution is -2.40. The van der Waals surface area contributed by atoms with Gasteiger partial charge in [0.05, 0.1) is 0 Å². The minimum absolute atomic E-state index is 0.543. The first-order valence-electron chi connectivity index (χ1n) is 5.49. The molecule has 0 bridgehead atoms. The Morgan fingerprint density at radius 1 is 1.43 bits per heavy atom. The maximum atomic E-state index is 11.1. The highest BCUT2D eigenvalue weighted by Crippen LogP contribution is 2.09. The Kier molecular flexibility index (Phi) is 5.67. The predicted octanol–water partition coefficient (Wildman–Crippen LogP) is 0.426. The van der Waals surface area contributed by atoms with Crippen molar-refractivity contribution in [3.63, 3.8) is 0 Å². The second-order valence-corrected chi connectivity index (χ2v) is 5.88. The van der Waals surface area contributed by atoms with Crippen LogP contribution < -0.4 is 5.73 Å². The molecule has 1 fully saturated rings. The molecule has 0 aromatic rings. The van der Waals surface area contributed by atoms with E-state index in [0.717, 1.165) is 50.0 Å². The van der Waals surface area contributed by atoms with E-state index in [4.69, 9.17) is 5.73 Å². The highest BCUT2D eigenvalue weighted by atomic mass is 32.2. The fraction of sp³-hybridized carbons (Fsp3) is 1.00. The summed E-state index contributed by atoms with van der Waals surface area (Å²) in [6.45, 7) is 6.26. The first kappa shape index (κ1) is 12.1. The third-order valence-corrected chi connectivity index (χ3v) is 4.02. The van der Waals surface area contributed by atoms with E-state index in [-0.39, 0.29) is 0 Å². The average Bonchev–Trinajstić information content (AvgIpc) is 2.18. The molecule has 1 aliphatic heterocycles. The van der Waals surface area contributed by atoms with Crippen LogP contribution in [0.5, 0.6) is 0 Å². The molecular weight excluding hydrogens is 196 g/mol. The van der Waals surface area contributed by atoms with Crippen LogP contribution in [0.2, 0.25) is 0 Å². The summed E-state index contributed by atoms with van der Waals surface area (Å²) in [6.07, 6.45) is 2.34. The Balaban J connectivity index is 2.13. The number of rotatable bonds is 5. The van der Waals surface area contributed by atoms with E-state index in [2.05, 4.69) is 11.8 Å². The Labute approximate surface area is 89.5 Å². The highest BCUT2D eigenvalue weighted by molar-refractivity contribution is 7.85. The van der Waals surface area contributed by atoms with Gasteiger partial charge in [0.2, 0.25) is 0 Å². The maximum absolute atomic E-state index is 11.1. The summed E-state index contributed by atoms with van der Waals surface area (Å²) in [5, 5.41) is 0. The number of nitrogens with zero attached hydrogens (tertiary/aromatic N) is 1. The third-order valence-electron chi connectivity index (χ3n) is 2.74. The molecule has 14 heavy (non-hydrogen) atoms. The van der Waals surface area contributed by atoms with Gasteiger partial charge in [0.1, 0.15) is 0 Å². The van der Waals surface area contributed by atoms with Crippen LogP contribution >= 0.6 is 0 Å². The topological polar surface area (TPSA) is 46.3 Å². The van der Waals surface area contributed by atoms with E-state index in [1.807, 2.05) is 0 Å². The summed E-state index contributed by atoms with van der Waals surface area (Å²) in [4.78, 5) is 2.43. The Morgan fingerprint density at radius 3 is 2.64 bits per heavy atom. The average molecular weight is 218 g/mol. The lowest BCUT2D eigenvalue weighted by atomic mass is 10.1. The zero-order chi connectivity index (χ0) is 10.4. The Morgan fingerprint density at radius 2 is 2.07 bits per heavy atom. The molecule has 0 aromatic heterocycles. The molecule has 1 unspecified atom stereocenters. The molecule has 0 aromatic carbocycles. The molecule has 0 aliphatic carbocycles. The quantitative estimate of drug-likeness (QED) is 0.728. The van der Waals surface area contributed by atoms with Crippen LogP contribution in [0.3, 0.4) is 0 Å². The third kappa shape index (κ3) is 4.53. The van der Waals surface area contributed by atoms with Crippen molar-refractivity contribution in [1.82, 2.24) is 4.90 Å². The number of hydrogen-bond acceptors (Lipinski definition) is 3. The first-order chi connectivity index (χ1) is 6.72. The predicted molar refractivity (Wildman–Crippen MR) is 61.8 cm³/mol. The van der Waals surface area contributed by atoms with Crippen LogP contribution in [-0.2, 0) is 10.8 Å². The van der Waals surface area contributed by atoms with E-state index in [0.29, 0.717) is 0 Å². The van der Waals surface area contributed by atoms with Crippen molar-refractivity contribution >= 4 is 10.8 Å². The van der Waals surface area contributed by atoms with Gasteiger partial charge in [-0.3, -0.25) is 4.21 Å². The minimum atomic E-state index is -0.543. The van der Waals surface area contributed by atoms with Gasteiger partial charge in [-0.05, 0) is 25.3 Å². The van der Waals surface area contributed by atoms with Crippen LogP contribution in [-0.4, -0.2) is 46.8 Å². The van der Waals surface area contributed by atoms with Gasteiger partial charge in [-0.1, -0.05) is 6.92 Å². The Hall–Kier alpha value is 0.0700. The molecule has 4 heteroatoms. The maximum Gasteiger partial charge on any atom is 0.0363 e. The molecule has 0 radical (unpaired) electrons. The van der Waals surface area contributed by atoms with E-state index < -0.39 is 10.8 Å². The van der Waals surface area contributed by atoms with Gasteiger partial charge in [0.25, 0.3) is 0 Å². The molecule has 1 rings (SSSR count). The van der Waals surface area contributed by atoms with Gasteiger partial charge in [0.15, 0.2) is 0 Å². The number of hydrogen-bond donors (Lipinski definition) is 1. The summed E-state index contributed by atoms with van der Waals surface area (Å²) in [5.74, 6) is 2.46. The molecule has 0 saturated carbocycles. The minimum Gasteiger partial charge on any atom is -0.330 e. The lowest BCUT2D eigenvalue weighted by Gasteiger charge is -2.28. The molecule has 1 saturated heterocycles. The Bertz CT molecular complexity index is 177. The van der Waals surface area contributed by atoms with E-state index in [1.165, 1.54) is 6.42 Å². The van der Waals surface area contributed by atoms with Gasteiger partial charge < -0.3 is 10.6 Å². The number of nitrogens with two attached hydrogens (primary N) is 1. The van der Waals surface area contributed by atoms with Gasteiger partial charge in [0, 0.05) is 41.9 Å². The summed E-state index contributed by atoms with van der Waals surface area (Å²) in [6, 6.07) is 0. The van der Waals surface area contributed by atoms with Crippen LogP contribution in [0.25, 0.3) is 0 Å². The molecule has 84 valence electrons. The van der Waals surface area contributed by atoms with Crippen LogP contribution in [0, 0.1) is 5.92 Å². The standard InChI is InChI=1S/C10H22N2OS/c1-10(3-2-4-11)9-12-5-7-14(13)8-6-12/h10H,2-9,11H2,1H3. The smallest absolute Gasteiger partial charge is 0.0363 e. The molecule has 2 N–H and O–H groups in total. The zero-order valence-electron chi connectivity index (χ0n) is 9.08. The fourth-order valence-corrected chi connectivity index (χ4v) is 2.98. The van der Waals surface area contributed by atoms with Crippen molar-refractivity contribution < 1.29 is 4.21 Å². The molecule has 1 heterocycles. The van der Waals surface area contributed by atoms with E-state index in [9.17, 15) is 4.21 Å². The van der Waals surface area contributed by atoms with Crippen LogP contribution in [0.1, 0.15) is 19.8 Å². The van der Waals surface area contributed by atoms with Crippen molar-refractivity contribution in [2.45, 2.75) is 19.8 Å². The lowest BCUT2D eigenvalue weighted by molar-refractivity contribution is 0.250. The largest absolute Gasteiger partial charge is 0.330 e. The summed E-state index contributed by atoms with van der Waals surface area (Å²) in [5.41, 5.74) is 5.47. The monoisotopic (exact) mass is 218 g/mol. The van der Waals surface area contributed by atoms with E-state index >= 15 is 0 Å². The van der Waals surface area contributed by atoms with Crippen molar-refractivity contribution in [2.75, 3.05) is 37.7 Å². The van der Waals surface area contributed by atoms with Crippen molar-refractivity contribution in [3.05, 3.63) is 0 Å². The molecular formula is C10H22N2OS. The van der Waals surface area contributed by atoms with Crippen molar-refractivity contribution in [2.24, 2.45) is 11.7 Å². The van der Waals surface area contributed by atoms with Gasteiger partial charge in [-0.15, -0.1) is 0 Å². The second kappa shape index (κ2) is 6.53. The van der Waals surface area contributed by atoms with Crippen LogP contribution in [0.4, 0.5) is 0 Å². The summed E-state index contributed by atoms with van der Waals surface area (Å²) < 4.78 is 11.1. The summed E-state index contributed by atoms with van der Waals surface area (Å²) >= 11 is 0. The van der Waals surface area contributed by atoms with Gasteiger partial charge >= 0.3 is 0 Å². The normalized spacial score (nSPS) is 22.4. The van der Waals surface area contributed by atoms with Gasteiger partial charge in [-0.25, -0.2) is 0 Å². The summed E-state index contributed by atoms with van der Waals surface area (Å²) in [7, 11) is -0.543.